The van der Waals surface area contributed by atoms with Crippen LogP contribution in [0.15, 0.2) is 17.5 Å². The summed E-state index contributed by atoms with van der Waals surface area (Å²) in [5.74, 6) is 1.62. The SMILES string of the molecule is CCc1nc(N)nc(N2CCC([C@H](O)c3cccs3)CC2)c1C. The Kier molecular flexibility index (Phi) is 4.82. The molecular weight excluding hydrogens is 308 g/mol. The molecule has 1 saturated heterocycles. The van der Waals surface area contributed by atoms with Crippen LogP contribution >= 0.6 is 11.3 Å². The first-order valence-corrected chi connectivity index (χ1v) is 9.07. The highest BCUT2D eigenvalue weighted by Gasteiger charge is 2.28. The van der Waals surface area contributed by atoms with Gasteiger partial charge in [0.25, 0.3) is 0 Å². The van der Waals surface area contributed by atoms with Gasteiger partial charge in [-0.2, -0.15) is 4.98 Å². The molecule has 1 aliphatic heterocycles. The zero-order valence-corrected chi connectivity index (χ0v) is 14.5. The van der Waals surface area contributed by atoms with Crippen LogP contribution in [0.2, 0.25) is 0 Å². The number of hydrogen-bond donors (Lipinski definition) is 2. The minimum atomic E-state index is -0.347. The van der Waals surface area contributed by atoms with E-state index < -0.39 is 0 Å². The van der Waals surface area contributed by atoms with Gasteiger partial charge in [-0.15, -0.1) is 11.3 Å². The van der Waals surface area contributed by atoms with Crippen molar-refractivity contribution in [1.82, 2.24) is 9.97 Å². The molecule has 0 amide bonds. The average Bonchev–Trinajstić information content (AvgIpc) is 3.10. The second-order valence-corrected chi connectivity index (χ2v) is 7.09. The lowest BCUT2D eigenvalue weighted by Gasteiger charge is -2.35. The fraction of sp³-hybridized carbons (Fsp3) is 0.529. The van der Waals surface area contributed by atoms with Gasteiger partial charge in [0.15, 0.2) is 0 Å². The van der Waals surface area contributed by atoms with E-state index in [2.05, 4.69) is 28.7 Å². The molecule has 5 nitrogen and oxygen atoms in total. The molecule has 6 heteroatoms. The molecule has 23 heavy (non-hydrogen) atoms. The normalized spacial score (nSPS) is 17.4. The fourth-order valence-corrected chi connectivity index (χ4v) is 4.14. The lowest BCUT2D eigenvalue weighted by molar-refractivity contribution is 0.0960. The maximum Gasteiger partial charge on any atom is 0.222 e. The van der Waals surface area contributed by atoms with Crippen LogP contribution in [-0.2, 0) is 6.42 Å². The first kappa shape index (κ1) is 16.2. The molecule has 3 rings (SSSR count). The second-order valence-electron chi connectivity index (χ2n) is 6.12. The Morgan fingerprint density at radius 3 is 2.74 bits per heavy atom. The van der Waals surface area contributed by atoms with Crippen molar-refractivity contribution in [2.75, 3.05) is 23.7 Å². The highest BCUT2D eigenvalue weighted by Crippen LogP contribution is 2.34. The number of nitrogens with two attached hydrogens (primary N) is 1. The highest BCUT2D eigenvalue weighted by atomic mass is 32.1. The van der Waals surface area contributed by atoms with Gasteiger partial charge in [-0.1, -0.05) is 13.0 Å². The van der Waals surface area contributed by atoms with E-state index in [0.717, 1.165) is 54.3 Å². The van der Waals surface area contributed by atoms with Crippen LogP contribution in [0.5, 0.6) is 0 Å². The Hall–Kier alpha value is -1.66. The Morgan fingerprint density at radius 2 is 2.13 bits per heavy atom. The molecule has 1 aliphatic rings. The topological polar surface area (TPSA) is 75.3 Å². The summed E-state index contributed by atoms with van der Waals surface area (Å²) < 4.78 is 0. The summed E-state index contributed by atoms with van der Waals surface area (Å²) in [4.78, 5) is 12.1. The molecule has 3 heterocycles. The first-order chi connectivity index (χ1) is 11.1. The molecule has 0 saturated carbocycles. The molecule has 2 aromatic rings. The molecule has 0 radical (unpaired) electrons. The van der Waals surface area contributed by atoms with E-state index in [-0.39, 0.29) is 6.10 Å². The molecule has 2 aromatic heterocycles. The fourth-order valence-electron chi connectivity index (χ4n) is 3.34. The summed E-state index contributed by atoms with van der Waals surface area (Å²) in [5.41, 5.74) is 8.01. The van der Waals surface area contributed by atoms with Crippen LogP contribution in [0.1, 0.15) is 42.0 Å². The predicted molar refractivity (Wildman–Crippen MR) is 94.8 cm³/mol. The minimum Gasteiger partial charge on any atom is -0.387 e. The Morgan fingerprint density at radius 1 is 1.39 bits per heavy atom. The van der Waals surface area contributed by atoms with E-state index in [0.29, 0.717) is 11.9 Å². The maximum atomic E-state index is 10.5. The number of hydrogen-bond acceptors (Lipinski definition) is 6. The summed E-state index contributed by atoms with van der Waals surface area (Å²) >= 11 is 1.63. The molecule has 0 unspecified atom stereocenters. The summed E-state index contributed by atoms with van der Waals surface area (Å²) in [6.07, 6.45) is 2.44. The number of nitrogens with zero attached hydrogens (tertiary/aromatic N) is 3. The van der Waals surface area contributed by atoms with Crippen molar-refractivity contribution < 1.29 is 5.11 Å². The summed E-state index contributed by atoms with van der Waals surface area (Å²) in [6, 6.07) is 4.02. The van der Waals surface area contributed by atoms with Crippen molar-refractivity contribution in [3.63, 3.8) is 0 Å². The lowest BCUT2D eigenvalue weighted by Crippen LogP contribution is -2.36. The largest absolute Gasteiger partial charge is 0.387 e. The van der Waals surface area contributed by atoms with Crippen molar-refractivity contribution in [3.8, 4) is 0 Å². The van der Waals surface area contributed by atoms with Crippen LogP contribution in [-0.4, -0.2) is 28.2 Å². The predicted octanol–water partition coefficient (Wildman–Crippen LogP) is 2.94. The van der Waals surface area contributed by atoms with Gasteiger partial charge in [0.05, 0.1) is 11.8 Å². The van der Waals surface area contributed by atoms with Gasteiger partial charge >= 0.3 is 0 Å². The molecule has 3 N–H and O–H groups in total. The lowest BCUT2D eigenvalue weighted by atomic mass is 9.90. The molecule has 1 fully saturated rings. The third-order valence-electron chi connectivity index (χ3n) is 4.69. The molecule has 0 spiro atoms. The first-order valence-electron chi connectivity index (χ1n) is 8.19. The van der Waals surface area contributed by atoms with Crippen molar-refractivity contribution in [1.29, 1.82) is 0 Å². The van der Waals surface area contributed by atoms with Crippen LogP contribution in [0.3, 0.4) is 0 Å². The molecule has 0 aliphatic carbocycles. The molecule has 0 aromatic carbocycles. The molecule has 124 valence electrons. The summed E-state index contributed by atoms with van der Waals surface area (Å²) in [6.45, 7) is 5.95. The molecule has 1 atom stereocenters. The van der Waals surface area contributed by atoms with E-state index in [9.17, 15) is 5.11 Å². The zero-order chi connectivity index (χ0) is 16.4. The standard InChI is InChI=1S/C17H24N4OS/c1-3-13-11(2)16(20-17(18)19-13)21-8-6-12(7-9-21)15(22)14-5-4-10-23-14/h4-5,10,12,15,22H,3,6-9H2,1-2H3,(H2,18,19,20)/t15-/m0/s1. The van der Waals surface area contributed by atoms with Crippen molar-refractivity contribution in [2.24, 2.45) is 5.92 Å². The number of aromatic nitrogens is 2. The summed E-state index contributed by atoms with van der Waals surface area (Å²) in [5, 5.41) is 12.5. The van der Waals surface area contributed by atoms with Gasteiger partial charge in [0.1, 0.15) is 5.82 Å². The number of thiophene rings is 1. The van der Waals surface area contributed by atoms with Crippen molar-refractivity contribution in [3.05, 3.63) is 33.6 Å². The van der Waals surface area contributed by atoms with Crippen molar-refractivity contribution >= 4 is 23.1 Å². The number of nitrogen functional groups attached to an aromatic ring is 1. The Balaban J connectivity index is 1.71. The van der Waals surface area contributed by atoms with E-state index in [1.165, 1.54) is 0 Å². The van der Waals surface area contributed by atoms with E-state index in [1.54, 1.807) is 11.3 Å². The van der Waals surface area contributed by atoms with Crippen molar-refractivity contribution in [2.45, 2.75) is 39.2 Å². The van der Waals surface area contributed by atoms with Gasteiger partial charge in [-0.3, -0.25) is 0 Å². The highest BCUT2D eigenvalue weighted by molar-refractivity contribution is 7.10. The Bertz CT molecular complexity index is 651. The summed E-state index contributed by atoms with van der Waals surface area (Å²) in [7, 11) is 0. The average molecular weight is 332 g/mol. The number of rotatable bonds is 4. The van der Waals surface area contributed by atoms with Crippen LogP contribution in [0.4, 0.5) is 11.8 Å². The smallest absolute Gasteiger partial charge is 0.222 e. The van der Waals surface area contributed by atoms with Gasteiger partial charge in [-0.05, 0) is 43.6 Å². The van der Waals surface area contributed by atoms with E-state index >= 15 is 0 Å². The van der Waals surface area contributed by atoms with E-state index in [4.69, 9.17) is 5.73 Å². The third kappa shape index (κ3) is 3.33. The van der Waals surface area contributed by atoms with Crippen LogP contribution in [0.25, 0.3) is 0 Å². The van der Waals surface area contributed by atoms with Gasteiger partial charge in [-0.25, -0.2) is 4.98 Å². The third-order valence-corrected chi connectivity index (χ3v) is 5.64. The van der Waals surface area contributed by atoms with E-state index in [1.807, 2.05) is 17.5 Å². The monoisotopic (exact) mass is 332 g/mol. The number of piperidine rings is 1. The maximum absolute atomic E-state index is 10.5. The number of aliphatic hydroxyl groups is 1. The molecule has 0 bridgehead atoms. The quantitative estimate of drug-likeness (QED) is 0.900. The number of anilines is 2. The second kappa shape index (κ2) is 6.84. The number of aryl methyl sites for hydroxylation is 1. The van der Waals surface area contributed by atoms with Gasteiger partial charge < -0.3 is 15.7 Å². The number of aliphatic hydroxyl groups excluding tert-OH is 1. The van der Waals surface area contributed by atoms with Gasteiger partial charge in [0, 0.05) is 23.5 Å². The van der Waals surface area contributed by atoms with Crippen LogP contribution in [0, 0.1) is 12.8 Å². The molecular formula is C17H24N4OS. The zero-order valence-electron chi connectivity index (χ0n) is 13.7. The van der Waals surface area contributed by atoms with Gasteiger partial charge in [0.2, 0.25) is 5.95 Å². The Labute approximate surface area is 141 Å². The van der Waals surface area contributed by atoms with Crippen LogP contribution < -0.4 is 10.6 Å². The minimum absolute atomic E-state index is 0.315.